The zero-order chi connectivity index (χ0) is 19.1. The molecule has 6 nitrogen and oxygen atoms in total. The molecule has 0 bridgehead atoms. The molecule has 0 aliphatic carbocycles. The molecule has 1 aliphatic rings. The van der Waals surface area contributed by atoms with Crippen LogP contribution in [-0.4, -0.2) is 50.0 Å². The van der Waals surface area contributed by atoms with E-state index < -0.39 is 0 Å². The van der Waals surface area contributed by atoms with Gasteiger partial charge in [0.15, 0.2) is 6.61 Å². The molecular weight excluding hydrogens is 342 g/mol. The summed E-state index contributed by atoms with van der Waals surface area (Å²) in [6.45, 7) is 2.33. The summed E-state index contributed by atoms with van der Waals surface area (Å²) in [7, 11) is 2.07. The number of nitrogens with zero attached hydrogens (tertiary/aromatic N) is 2. The fourth-order valence-corrected chi connectivity index (χ4v) is 3.08. The number of hydrogen-bond donors (Lipinski definition) is 1. The molecule has 1 N–H and O–H groups in total. The monoisotopic (exact) mass is 367 g/mol. The molecule has 0 atom stereocenters. The molecule has 0 fully saturated rings. The number of carbonyl (C=O) groups is 2. The van der Waals surface area contributed by atoms with E-state index in [0.29, 0.717) is 18.0 Å². The Morgan fingerprint density at radius 1 is 1.15 bits per heavy atom. The minimum atomic E-state index is -0.202. The fraction of sp³-hybridized carbons (Fsp3) is 0.333. The van der Waals surface area contributed by atoms with E-state index >= 15 is 0 Å². The third kappa shape index (κ3) is 5.31. The summed E-state index contributed by atoms with van der Waals surface area (Å²) in [5.74, 6) is 0.268. The van der Waals surface area contributed by atoms with Crippen molar-refractivity contribution in [2.24, 2.45) is 0 Å². The smallest absolute Gasteiger partial charge is 0.265 e. The normalized spacial score (nSPS) is 13.3. The lowest BCUT2D eigenvalue weighted by atomic mass is 10.2. The van der Waals surface area contributed by atoms with Gasteiger partial charge in [0.2, 0.25) is 5.91 Å². The molecule has 0 spiro atoms. The molecule has 0 unspecified atom stereocenters. The first-order chi connectivity index (χ1) is 13.1. The van der Waals surface area contributed by atoms with Crippen molar-refractivity contribution in [2.75, 3.05) is 38.2 Å². The number of para-hydroxylation sites is 2. The molecule has 0 saturated heterocycles. The number of fused-ring (bicyclic) bond motifs is 1. The van der Waals surface area contributed by atoms with Crippen molar-refractivity contribution < 1.29 is 14.3 Å². The van der Waals surface area contributed by atoms with Gasteiger partial charge in [0.25, 0.3) is 5.91 Å². The van der Waals surface area contributed by atoms with Crippen LogP contribution >= 0.6 is 0 Å². The van der Waals surface area contributed by atoms with Gasteiger partial charge in [0.05, 0.1) is 5.69 Å². The lowest BCUT2D eigenvalue weighted by Crippen LogP contribution is -2.45. The van der Waals surface area contributed by atoms with E-state index in [-0.39, 0.29) is 25.0 Å². The van der Waals surface area contributed by atoms with Crippen LogP contribution in [0.25, 0.3) is 0 Å². The summed E-state index contributed by atoms with van der Waals surface area (Å²) in [6.07, 6.45) is 0.850. The number of ether oxygens (including phenoxy) is 1. The van der Waals surface area contributed by atoms with Gasteiger partial charge in [-0.15, -0.1) is 0 Å². The van der Waals surface area contributed by atoms with Crippen LogP contribution in [0.2, 0.25) is 0 Å². The van der Waals surface area contributed by atoms with Gasteiger partial charge < -0.3 is 15.0 Å². The number of hydrogen-bond acceptors (Lipinski definition) is 4. The molecular formula is C21H25N3O3. The first kappa shape index (κ1) is 18.9. The minimum absolute atomic E-state index is 0.0130. The lowest BCUT2D eigenvalue weighted by Gasteiger charge is -2.28. The van der Waals surface area contributed by atoms with Crippen LogP contribution in [0.1, 0.15) is 12.0 Å². The van der Waals surface area contributed by atoms with Crippen LogP contribution in [-0.2, 0) is 16.1 Å². The molecule has 27 heavy (non-hydrogen) atoms. The number of benzene rings is 2. The molecule has 2 aromatic carbocycles. The topological polar surface area (TPSA) is 61.9 Å². The SMILES string of the molecule is CN(CCCNC(=O)CN1C(=O)COc2ccccc21)Cc1ccccc1. The van der Waals surface area contributed by atoms with Crippen molar-refractivity contribution in [3.8, 4) is 5.75 Å². The van der Waals surface area contributed by atoms with E-state index in [2.05, 4.69) is 29.4 Å². The average Bonchev–Trinajstić information content (AvgIpc) is 2.68. The summed E-state index contributed by atoms with van der Waals surface area (Å²) in [5, 5.41) is 2.90. The highest BCUT2D eigenvalue weighted by Gasteiger charge is 2.26. The summed E-state index contributed by atoms with van der Waals surface area (Å²) in [6, 6.07) is 17.6. The van der Waals surface area contributed by atoms with Crippen molar-refractivity contribution in [1.82, 2.24) is 10.2 Å². The van der Waals surface area contributed by atoms with Crippen LogP contribution in [0.5, 0.6) is 5.75 Å². The van der Waals surface area contributed by atoms with Crippen molar-refractivity contribution in [3.63, 3.8) is 0 Å². The second-order valence-electron chi connectivity index (χ2n) is 6.66. The van der Waals surface area contributed by atoms with Crippen molar-refractivity contribution >= 4 is 17.5 Å². The van der Waals surface area contributed by atoms with Gasteiger partial charge in [0, 0.05) is 13.1 Å². The molecule has 1 aliphatic heterocycles. The van der Waals surface area contributed by atoms with Crippen molar-refractivity contribution in [3.05, 3.63) is 60.2 Å². The molecule has 3 rings (SSSR count). The van der Waals surface area contributed by atoms with Crippen molar-refractivity contribution in [2.45, 2.75) is 13.0 Å². The van der Waals surface area contributed by atoms with Gasteiger partial charge in [-0.25, -0.2) is 0 Å². The van der Waals surface area contributed by atoms with Gasteiger partial charge in [0.1, 0.15) is 12.3 Å². The first-order valence-electron chi connectivity index (χ1n) is 9.15. The predicted molar refractivity (Wildman–Crippen MR) is 105 cm³/mol. The fourth-order valence-electron chi connectivity index (χ4n) is 3.08. The van der Waals surface area contributed by atoms with Crippen LogP contribution in [0.3, 0.4) is 0 Å². The zero-order valence-electron chi connectivity index (χ0n) is 15.6. The molecule has 142 valence electrons. The Bertz CT molecular complexity index is 779. The van der Waals surface area contributed by atoms with Gasteiger partial charge >= 0.3 is 0 Å². The third-order valence-corrected chi connectivity index (χ3v) is 4.44. The van der Waals surface area contributed by atoms with Crippen LogP contribution < -0.4 is 15.0 Å². The Labute approximate surface area is 159 Å². The van der Waals surface area contributed by atoms with Gasteiger partial charge in [-0.2, -0.15) is 0 Å². The Kier molecular flexibility index (Phi) is 6.44. The molecule has 2 amide bonds. The zero-order valence-corrected chi connectivity index (χ0v) is 15.6. The van der Waals surface area contributed by atoms with E-state index in [4.69, 9.17) is 4.74 Å². The van der Waals surface area contributed by atoms with E-state index in [1.54, 1.807) is 12.1 Å². The Morgan fingerprint density at radius 3 is 2.70 bits per heavy atom. The molecule has 2 aromatic rings. The van der Waals surface area contributed by atoms with E-state index in [1.165, 1.54) is 10.5 Å². The lowest BCUT2D eigenvalue weighted by molar-refractivity contribution is -0.125. The highest BCUT2D eigenvalue weighted by atomic mass is 16.5. The third-order valence-electron chi connectivity index (χ3n) is 4.44. The molecule has 0 aromatic heterocycles. The number of carbonyl (C=O) groups excluding carboxylic acids is 2. The van der Waals surface area contributed by atoms with E-state index in [9.17, 15) is 9.59 Å². The van der Waals surface area contributed by atoms with Crippen LogP contribution in [0.15, 0.2) is 54.6 Å². The standard InChI is InChI=1S/C21H25N3O3/c1-23(14-17-8-3-2-4-9-17)13-7-12-22-20(25)15-24-18-10-5-6-11-19(18)27-16-21(24)26/h2-6,8-11H,7,12-16H2,1H3,(H,22,25). The van der Waals surface area contributed by atoms with E-state index in [0.717, 1.165) is 19.5 Å². The Hall–Kier alpha value is -2.86. The number of anilines is 1. The maximum absolute atomic E-state index is 12.2. The second kappa shape index (κ2) is 9.19. The maximum Gasteiger partial charge on any atom is 0.265 e. The molecule has 0 radical (unpaired) electrons. The quantitative estimate of drug-likeness (QED) is 0.726. The second-order valence-corrected chi connectivity index (χ2v) is 6.66. The van der Waals surface area contributed by atoms with Crippen LogP contribution in [0.4, 0.5) is 5.69 Å². The van der Waals surface area contributed by atoms with Gasteiger partial charge in [-0.3, -0.25) is 14.5 Å². The summed E-state index contributed by atoms with van der Waals surface area (Å²) in [4.78, 5) is 28.0. The minimum Gasteiger partial charge on any atom is -0.482 e. The first-order valence-corrected chi connectivity index (χ1v) is 9.15. The van der Waals surface area contributed by atoms with Crippen molar-refractivity contribution in [1.29, 1.82) is 0 Å². The van der Waals surface area contributed by atoms with Gasteiger partial charge in [-0.1, -0.05) is 42.5 Å². The Balaban J connectivity index is 1.40. The number of amides is 2. The highest BCUT2D eigenvalue weighted by Crippen LogP contribution is 2.31. The van der Waals surface area contributed by atoms with Crippen LogP contribution in [0, 0.1) is 0 Å². The molecule has 1 heterocycles. The molecule has 6 heteroatoms. The average molecular weight is 367 g/mol. The van der Waals surface area contributed by atoms with E-state index in [1.807, 2.05) is 30.3 Å². The number of rotatable bonds is 8. The predicted octanol–water partition coefficient (Wildman–Crippen LogP) is 2.05. The largest absolute Gasteiger partial charge is 0.482 e. The van der Waals surface area contributed by atoms with Gasteiger partial charge in [-0.05, 0) is 37.7 Å². The Morgan fingerprint density at radius 2 is 1.89 bits per heavy atom. The highest BCUT2D eigenvalue weighted by molar-refractivity contribution is 6.02. The molecule has 0 saturated carbocycles. The maximum atomic E-state index is 12.2. The number of nitrogens with one attached hydrogen (secondary N) is 1. The summed E-state index contributed by atoms with van der Waals surface area (Å²) < 4.78 is 5.39. The summed E-state index contributed by atoms with van der Waals surface area (Å²) in [5.41, 5.74) is 1.92. The summed E-state index contributed by atoms with van der Waals surface area (Å²) >= 11 is 0.